The molecule has 0 unspecified atom stereocenters. The summed E-state index contributed by atoms with van der Waals surface area (Å²) in [4.78, 5) is 2.95. The Bertz CT molecular complexity index is 1030. The third kappa shape index (κ3) is 3.03. The molecule has 0 atom stereocenters. The van der Waals surface area contributed by atoms with Gasteiger partial charge in [-0.2, -0.15) is 9.78 Å². The molecule has 0 saturated heterocycles. The normalized spacial score (nSPS) is 15.4. The second-order valence-corrected chi connectivity index (χ2v) is 7.80. The first-order chi connectivity index (χ1) is 12.0. The third-order valence-electron chi connectivity index (χ3n) is 3.62. The fourth-order valence-corrected chi connectivity index (χ4v) is 4.31. The van der Waals surface area contributed by atoms with Gasteiger partial charge in [-0.25, -0.2) is 8.78 Å². The van der Waals surface area contributed by atoms with Gasteiger partial charge in [-0.3, -0.25) is 0 Å². The zero-order valence-corrected chi connectivity index (χ0v) is 15.0. The molecule has 0 fully saturated rings. The zero-order chi connectivity index (χ0) is 17.6. The number of benzene rings is 1. The monoisotopic (exact) mass is 374 g/mol. The molecule has 8 heteroatoms. The summed E-state index contributed by atoms with van der Waals surface area (Å²) >= 11 is 2.99. The SMILES string of the molecule is Cc1ccc(C=C2Sc3nnc(C)n3N=C2c2ccc(F)cc2F)s1. The molecule has 0 radical (unpaired) electrons. The van der Waals surface area contributed by atoms with Crippen LogP contribution in [0.5, 0.6) is 0 Å². The number of aromatic nitrogens is 3. The minimum Gasteiger partial charge on any atom is -0.207 e. The van der Waals surface area contributed by atoms with Gasteiger partial charge in [-0.1, -0.05) is 0 Å². The Hall–Kier alpha value is -2.32. The van der Waals surface area contributed by atoms with Gasteiger partial charge in [-0.15, -0.1) is 21.5 Å². The van der Waals surface area contributed by atoms with Gasteiger partial charge in [-0.05, 0) is 56.0 Å². The molecule has 0 bridgehead atoms. The fraction of sp³-hybridized carbons (Fsp3) is 0.118. The molecule has 3 aromatic rings. The van der Waals surface area contributed by atoms with E-state index in [4.69, 9.17) is 0 Å². The molecule has 3 heterocycles. The Morgan fingerprint density at radius 2 is 1.92 bits per heavy atom. The number of aryl methyl sites for hydroxylation is 2. The lowest BCUT2D eigenvalue weighted by molar-refractivity contribution is 0.581. The van der Waals surface area contributed by atoms with E-state index >= 15 is 0 Å². The number of halogens is 2. The molecule has 0 spiro atoms. The first-order valence-corrected chi connectivity index (χ1v) is 9.07. The number of thioether (sulfide) groups is 1. The van der Waals surface area contributed by atoms with Crippen LogP contribution in [0.25, 0.3) is 6.08 Å². The van der Waals surface area contributed by atoms with E-state index in [0.29, 0.717) is 16.7 Å². The summed E-state index contributed by atoms with van der Waals surface area (Å²) in [5.74, 6) is -0.666. The van der Waals surface area contributed by atoms with Crippen LogP contribution in [-0.4, -0.2) is 20.6 Å². The molecule has 0 saturated carbocycles. The average molecular weight is 374 g/mol. The summed E-state index contributed by atoms with van der Waals surface area (Å²) in [5, 5.41) is 13.2. The van der Waals surface area contributed by atoms with E-state index in [1.807, 2.05) is 25.1 Å². The summed E-state index contributed by atoms with van der Waals surface area (Å²) in [6, 6.07) is 7.52. The minimum absolute atomic E-state index is 0.243. The number of fused-ring (bicyclic) bond motifs is 1. The van der Waals surface area contributed by atoms with E-state index in [1.165, 1.54) is 28.8 Å². The Labute approximate surface area is 150 Å². The van der Waals surface area contributed by atoms with Crippen molar-refractivity contribution in [3.63, 3.8) is 0 Å². The molecule has 25 heavy (non-hydrogen) atoms. The molecule has 1 aromatic carbocycles. The Morgan fingerprint density at radius 3 is 2.64 bits per heavy atom. The number of thiophene rings is 1. The van der Waals surface area contributed by atoms with Gasteiger partial charge < -0.3 is 0 Å². The van der Waals surface area contributed by atoms with Gasteiger partial charge in [0, 0.05) is 26.3 Å². The van der Waals surface area contributed by atoms with Gasteiger partial charge in [0.2, 0.25) is 5.16 Å². The standard InChI is InChI=1S/C17H12F2N4S2/c1-9-3-5-12(24-9)8-15-16(13-6-4-11(18)7-14(13)19)22-23-10(2)20-21-17(23)25-15/h3-8H,1-2H3. The number of rotatable bonds is 2. The van der Waals surface area contributed by atoms with Crippen molar-refractivity contribution in [3.05, 3.63) is 68.0 Å². The Kier molecular flexibility index (Phi) is 4.01. The molecular weight excluding hydrogens is 362 g/mol. The summed E-state index contributed by atoms with van der Waals surface area (Å²) in [6.07, 6.45) is 1.94. The Morgan fingerprint density at radius 1 is 1.08 bits per heavy atom. The number of hydrogen-bond donors (Lipinski definition) is 0. The van der Waals surface area contributed by atoms with Crippen LogP contribution in [0, 0.1) is 25.5 Å². The maximum Gasteiger partial charge on any atom is 0.216 e. The van der Waals surface area contributed by atoms with Crippen LogP contribution in [-0.2, 0) is 0 Å². The van der Waals surface area contributed by atoms with Crippen LogP contribution < -0.4 is 0 Å². The highest BCUT2D eigenvalue weighted by Crippen LogP contribution is 2.36. The lowest BCUT2D eigenvalue weighted by Gasteiger charge is -2.17. The Balaban J connectivity index is 1.89. The van der Waals surface area contributed by atoms with Gasteiger partial charge in [0.05, 0.1) is 0 Å². The second kappa shape index (κ2) is 6.20. The molecular formula is C17H12F2N4S2. The number of allylic oxidation sites excluding steroid dienone is 1. The molecule has 1 aliphatic rings. The second-order valence-electron chi connectivity index (χ2n) is 5.47. The average Bonchev–Trinajstić information content (AvgIpc) is 3.13. The van der Waals surface area contributed by atoms with E-state index in [-0.39, 0.29) is 5.56 Å². The molecule has 0 amide bonds. The van der Waals surface area contributed by atoms with Crippen molar-refractivity contribution in [1.82, 2.24) is 14.9 Å². The quantitative estimate of drug-likeness (QED) is 0.657. The van der Waals surface area contributed by atoms with Crippen molar-refractivity contribution in [2.45, 2.75) is 19.0 Å². The van der Waals surface area contributed by atoms with Crippen LogP contribution in [0.4, 0.5) is 8.78 Å². The van der Waals surface area contributed by atoms with Crippen LogP contribution in [0.15, 0.2) is 45.5 Å². The van der Waals surface area contributed by atoms with E-state index in [9.17, 15) is 8.78 Å². The molecule has 0 N–H and O–H groups in total. The topological polar surface area (TPSA) is 43.1 Å². The van der Waals surface area contributed by atoms with E-state index in [2.05, 4.69) is 15.3 Å². The zero-order valence-electron chi connectivity index (χ0n) is 13.3. The molecule has 4 rings (SSSR count). The highest BCUT2D eigenvalue weighted by molar-refractivity contribution is 8.04. The van der Waals surface area contributed by atoms with Gasteiger partial charge in [0.1, 0.15) is 17.3 Å². The number of hydrogen-bond acceptors (Lipinski definition) is 5. The van der Waals surface area contributed by atoms with Crippen LogP contribution in [0.2, 0.25) is 0 Å². The van der Waals surface area contributed by atoms with Crippen LogP contribution in [0.3, 0.4) is 0 Å². The van der Waals surface area contributed by atoms with Crippen LogP contribution in [0.1, 0.15) is 21.1 Å². The predicted octanol–water partition coefficient (Wildman–Crippen LogP) is 4.63. The molecule has 1 aliphatic heterocycles. The molecule has 0 aliphatic carbocycles. The van der Waals surface area contributed by atoms with Gasteiger partial charge in [0.15, 0.2) is 5.82 Å². The largest absolute Gasteiger partial charge is 0.216 e. The number of nitrogens with zero attached hydrogens (tertiary/aromatic N) is 4. The van der Waals surface area contributed by atoms with Gasteiger partial charge >= 0.3 is 0 Å². The summed E-state index contributed by atoms with van der Waals surface area (Å²) < 4.78 is 29.2. The fourth-order valence-electron chi connectivity index (χ4n) is 2.44. The summed E-state index contributed by atoms with van der Waals surface area (Å²) in [6.45, 7) is 3.80. The maximum absolute atomic E-state index is 14.4. The summed E-state index contributed by atoms with van der Waals surface area (Å²) in [7, 11) is 0. The van der Waals surface area contributed by atoms with Crippen molar-refractivity contribution in [3.8, 4) is 0 Å². The smallest absolute Gasteiger partial charge is 0.207 e. The van der Waals surface area contributed by atoms with Crippen molar-refractivity contribution >= 4 is 34.9 Å². The molecule has 4 nitrogen and oxygen atoms in total. The van der Waals surface area contributed by atoms with Crippen molar-refractivity contribution < 1.29 is 8.78 Å². The highest BCUT2D eigenvalue weighted by atomic mass is 32.2. The summed E-state index contributed by atoms with van der Waals surface area (Å²) in [5.41, 5.74) is 0.677. The minimum atomic E-state index is -0.651. The van der Waals surface area contributed by atoms with Crippen molar-refractivity contribution in [2.24, 2.45) is 5.10 Å². The lowest BCUT2D eigenvalue weighted by atomic mass is 10.1. The molecule has 126 valence electrons. The van der Waals surface area contributed by atoms with Crippen LogP contribution >= 0.6 is 23.1 Å². The highest BCUT2D eigenvalue weighted by Gasteiger charge is 2.25. The maximum atomic E-state index is 14.4. The van der Waals surface area contributed by atoms with Crippen molar-refractivity contribution in [1.29, 1.82) is 0 Å². The first-order valence-electron chi connectivity index (χ1n) is 7.44. The van der Waals surface area contributed by atoms with E-state index in [0.717, 1.165) is 15.8 Å². The molecule has 2 aromatic heterocycles. The van der Waals surface area contributed by atoms with E-state index < -0.39 is 11.6 Å². The van der Waals surface area contributed by atoms with Crippen molar-refractivity contribution in [2.75, 3.05) is 0 Å². The predicted molar refractivity (Wildman–Crippen MR) is 95.9 cm³/mol. The lowest BCUT2D eigenvalue weighted by Crippen LogP contribution is -2.14. The first kappa shape index (κ1) is 16.2. The van der Waals surface area contributed by atoms with E-state index in [1.54, 1.807) is 22.9 Å². The third-order valence-corrected chi connectivity index (χ3v) is 5.54. The van der Waals surface area contributed by atoms with Gasteiger partial charge in [0.25, 0.3) is 0 Å².